The predicted molar refractivity (Wildman–Crippen MR) is 56.2 cm³/mol. The summed E-state index contributed by atoms with van der Waals surface area (Å²) in [5.41, 5.74) is 2.02. The van der Waals surface area contributed by atoms with Gasteiger partial charge in [0.2, 0.25) is 0 Å². The van der Waals surface area contributed by atoms with Gasteiger partial charge < -0.3 is 0 Å². The van der Waals surface area contributed by atoms with Crippen molar-refractivity contribution in [1.29, 1.82) is 0 Å². The van der Waals surface area contributed by atoms with E-state index in [-0.39, 0.29) is 0 Å². The molecule has 3 heteroatoms. The number of aromatic nitrogens is 2. The molecule has 0 atom stereocenters. The van der Waals surface area contributed by atoms with Crippen molar-refractivity contribution >= 4 is 21.7 Å². The summed E-state index contributed by atoms with van der Waals surface area (Å²) in [6.45, 7) is 6.31. The molecule has 0 saturated carbocycles. The quantitative estimate of drug-likeness (QED) is 0.693. The third-order valence-electron chi connectivity index (χ3n) is 1.97. The molecule has 2 aromatic heterocycles. The molecule has 0 spiro atoms. The van der Waals surface area contributed by atoms with Crippen LogP contribution in [0.15, 0.2) is 12.1 Å². The minimum Gasteiger partial charge on any atom is -0.232 e. The van der Waals surface area contributed by atoms with E-state index >= 15 is 0 Å². The van der Waals surface area contributed by atoms with E-state index in [9.17, 15) is 0 Å². The van der Waals surface area contributed by atoms with Crippen molar-refractivity contribution < 1.29 is 0 Å². The fourth-order valence-corrected chi connectivity index (χ4v) is 2.03. The summed E-state index contributed by atoms with van der Waals surface area (Å²) in [7, 11) is 0. The molecule has 68 valence electrons. The van der Waals surface area contributed by atoms with Gasteiger partial charge in [0.1, 0.15) is 0 Å². The highest BCUT2D eigenvalue weighted by molar-refractivity contribution is 7.18. The van der Waals surface area contributed by atoms with Crippen molar-refractivity contribution in [2.75, 3.05) is 0 Å². The Morgan fingerprint density at radius 1 is 1.23 bits per heavy atom. The van der Waals surface area contributed by atoms with Gasteiger partial charge in [0.05, 0.1) is 9.71 Å². The van der Waals surface area contributed by atoms with E-state index in [1.165, 1.54) is 4.70 Å². The fraction of sp³-hybridized carbons (Fsp3) is 0.400. The van der Waals surface area contributed by atoms with Crippen LogP contribution in [0.3, 0.4) is 0 Å². The Bertz CT molecular complexity index is 431. The Hall–Kier alpha value is -0.960. The van der Waals surface area contributed by atoms with Crippen LogP contribution in [0.25, 0.3) is 10.3 Å². The Morgan fingerprint density at radius 2 is 2.00 bits per heavy atom. The molecule has 0 aliphatic carbocycles. The second kappa shape index (κ2) is 3.07. The monoisotopic (exact) mass is 192 g/mol. The Kier molecular flexibility index (Phi) is 2.04. The third kappa shape index (κ3) is 1.56. The number of nitrogens with zero attached hydrogens (tertiary/aromatic N) is 2. The van der Waals surface area contributed by atoms with Crippen molar-refractivity contribution in [1.82, 2.24) is 9.97 Å². The Balaban J connectivity index is 2.61. The van der Waals surface area contributed by atoms with Gasteiger partial charge in [0, 0.05) is 5.69 Å². The molecule has 2 rings (SSSR count). The lowest BCUT2D eigenvalue weighted by Gasteiger charge is -2.01. The second-order valence-corrected chi connectivity index (χ2v) is 4.68. The lowest BCUT2D eigenvalue weighted by atomic mass is 10.1. The normalized spacial score (nSPS) is 11.4. The van der Waals surface area contributed by atoms with Crippen molar-refractivity contribution in [2.24, 2.45) is 0 Å². The van der Waals surface area contributed by atoms with E-state index in [1.807, 2.05) is 6.92 Å². The van der Waals surface area contributed by atoms with E-state index < -0.39 is 0 Å². The largest absolute Gasteiger partial charge is 0.232 e. The van der Waals surface area contributed by atoms with Crippen LogP contribution in [0.4, 0.5) is 0 Å². The molecule has 0 aromatic carbocycles. The van der Waals surface area contributed by atoms with Gasteiger partial charge in [-0.3, -0.25) is 0 Å². The van der Waals surface area contributed by atoms with Crippen LogP contribution in [-0.4, -0.2) is 9.97 Å². The molecule has 0 fully saturated rings. The lowest BCUT2D eigenvalue weighted by Crippen LogP contribution is -1.91. The van der Waals surface area contributed by atoms with E-state index in [0.717, 1.165) is 16.3 Å². The number of hydrogen-bond donors (Lipinski definition) is 0. The van der Waals surface area contributed by atoms with E-state index in [1.54, 1.807) is 11.3 Å². The van der Waals surface area contributed by atoms with Gasteiger partial charge in [-0.15, -0.1) is 11.3 Å². The van der Waals surface area contributed by atoms with Gasteiger partial charge in [0.25, 0.3) is 0 Å². The number of fused-ring (bicyclic) bond motifs is 1. The molecule has 0 aliphatic rings. The van der Waals surface area contributed by atoms with Crippen molar-refractivity contribution in [3.05, 3.63) is 22.8 Å². The molecule has 13 heavy (non-hydrogen) atoms. The first-order chi connectivity index (χ1) is 6.16. The minimum atomic E-state index is 0.478. The average Bonchev–Trinajstić information content (AvgIpc) is 2.42. The molecule has 0 bridgehead atoms. The fourth-order valence-electron chi connectivity index (χ4n) is 1.26. The van der Waals surface area contributed by atoms with E-state index in [4.69, 9.17) is 0 Å². The highest BCUT2D eigenvalue weighted by Gasteiger charge is 2.05. The maximum atomic E-state index is 4.49. The van der Waals surface area contributed by atoms with Gasteiger partial charge in [-0.25, -0.2) is 9.97 Å². The van der Waals surface area contributed by atoms with Crippen molar-refractivity contribution in [3.8, 4) is 0 Å². The Morgan fingerprint density at radius 3 is 2.69 bits per heavy atom. The SMILES string of the molecule is Cc1nc2nc(C(C)C)ccc2s1. The molecule has 0 aliphatic heterocycles. The standard InChI is InChI=1S/C10H12N2S/c1-6(2)8-4-5-9-10(12-8)11-7(3)13-9/h4-6H,1-3H3. The van der Waals surface area contributed by atoms with Crippen LogP contribution in [0.2, 0.25) is 0 Å². The summed E-state index contributed by atoms with van der Waals surface area (Å²) >= 11 is 1.70. The number of pyridine rings is 1. The maximum absolute atomic E-state index is 4.49. The predicted octanol–water partition coefficient (Wildman–Crippen LogP) is 3.12. The zero-order valence-corrected chi connectivity index (χ0v) is 8.85. The highest BCUT2D eigenvalue weighted by Crippen LogP contribution is 2.22. The zero-order chi connectivity index (χ0) is 9.42. The molecular weight excluding hydrogens is 180 g/mol. The van der Waals surface area contributed by atoms with Crippen LogP contribution in [-0.2, 0) is 0 Å². The van der Waals surface area contributed by atoms with E-state index in [2.05, 4.69) is 35.9 Å². The molecular formula is C10H12N2S. The van der Waals surface area contributed by atoms with Gasteiger partial charge in [-0.05, 0) is 25.0 Å². The van der Waals surface area contributed by atoms with Crippen LogP contribution in [0, 0.1) is 6.92 Å². The smallest absolute Gasteiger partial charge is 0.170 e. The van der Waals surface area contributed by atoms with Crippen LogP contribution < -0.4 is 0 Å². The Labute approximate surface area is 81.7 Å². The number of hydrogen-bond acceptors (Lipinski definition) is 3. The topological polar surface area (TPSA) is 25.8 Å². The van der Waals surface area contributed by atoms with Gasteiger partial charge in [0.15, 0.2) is 5.65 Å². The second-order valence-electron chi connectivity index (χ2n) is 3.45. The molecule has 2 heterocycles. The van der Waals surface area contributed by atoms with E-state index in [0.29, 0.717) is 5.92 Å². The third-order valence-corrected chi connectivity index (χ3v) is 2.90. The first-order valence-electron chi connectivity index (χ1n) is 4.41. The number of thiazole rings is 1. The summed E-state index contributed by atoms with van der Waals surface area (Å²) in [5.74, 6) is 0.478. The lowest BCUT2D eigenvalue weighted by molar-refractivity contribution is 0.828. The van der Waals surface area contributed by atoms with Crippen LogP contribution >= 0.6 is 11.3 Å². The molecule has 2 aromatic rings. The van der Waals surface area contributed by atoms with Gasteiger partial charge in [-0.2, -0.15) is 0 Å². The maximum Gasteiger partial charge on any atom is 0.170 e. The minimum absolute atomic E-state index is 0.478. The summed E-state index contributed by atoms with van der Waals surface area (Å²) in [6.07, 6.45) is 0. The summed E-state index contributed by atoms with van der Waals surface area (Å²) < 4.78 is 1.18. The molecule has 2 nitrogen and oxygen atoms in total. The zero-order valence-electron chi connectivity index (χ0n) is 8.03. The van der Waals surface area contributed by atoms with Crippen molar-refractivity contribution in [2.45, 2.75) is 26.7 Å². The number of aryl methyl sites for hydroxylation is 1. The van der Waals surface area contributed by atoms with Gasteiger partial charge >= 0.3 is 0 Å². The molecule has 0 saturated heterocycles. The van der Waals surface area contributed by atoms with Crippen LogP contribution in [0.1, 0.15) is 30.5 Å². The highest BCUT2D eigenvalue weighted by atomic mass is 32.1. The molecule has 0 radical (unpaired) electrons. The van der Waals surface area contributed by atoms with Crippen molar-refractivity contribution in [3.63, 3.8) is 0 Å². The first-order valence-corrected chi connectivity index (χ1v) is 5.22. The summed E-state index contributed by atoms with van der Waals surface area (Å²) in [5, 5.41) is 1.09. The van der Waals surface area contributed by atoms with Crippen LogP contribution in [0.5, 0.6) is 0 Å². The molecule has 0 unspecified atom stereocenters. The summed E-state index contributed by atoms with van der Waals surface area (Å²) in [6, 6.07) is 4.20. The average molecular weight is 192 g/mol. The molecule has 0 N–H and O–H groups in total. The summed E-state index contributed by atoms with van der Waals surface area (Å²) in [4.78, 5) is 8.86. The molecule has 0 amide bonds. The first kappa shape index (κ1) is 8.63. The van der Waals surface area contributed by atoms with Gasteiger partial charge in [-0.1, -0.05) is 13.8 Å². The number of rotatable bonds is 1.